The Morgan fingerprint density at radius 2 is 1.73 bits per heavy atom. The molecule has 2 heterocycles. The summed E-state index contributed by atoms with van der Waals surface area (Å²) in [7, 11) is 0. The summed E-state index contributed by atoms with van der Waals surface area (Å²) in [6, 6.07) is 18.8. The van der Waals surface area contributed by atoms with E-state index in [1.54, 1.807) is 6.20 Å². The van der Waals surface area contributed by atoms with Crippen molar-refractivity contribution < 1.29 is 4.79 Å². The van der Waals surface area contributed by atoms with Crippen molar-refractivity contribution >= 4 is 11.7 Å². The maximum atomic E-state index is 12.7. The van der Waals surface area contributed by atoms with E-state index in [2.05, 4.69) is 46.5 Å². The first kappa shape index (κ1) is 20.4. The Morgan fingerprint density at radius 3 is 2.43 bits per heavy atom. The second-order valence-electron chi connectivity index (χ2n) is 8.11. The summed E-state index contributed by atoms with van der Waals surface area (Å²) in [5.74, 6) is 0.694. The van der Waals surface area contributed by atoms with Crippen LogP contribution in [0, 0.1) is 6.92 Å². The Kier molecular flexibility index (Phi) is 6.29. The molecule has 0 unspecified atom stereocenters. The van der Waals surface area contributed by atoms with Gasteiger partial charge in [0, 0.05) is 31.3 Å². The van der Waals surface area contributed by atoms with Crippen molar-refractivity contribution in [3.8, 4) is 0 Å². The summed E-state index contributed by atoms with van der Waals surface area (Å²) >= 11 is 0. The number of amides is 1. The van der Waals surface area contributed by atoms with Crippen LogP contribution >= 0.6 is 0 Å². The van der Waals surface area contributed by atoms with E-state index in [1.807, 2.05) is 41.9 Å². The van der Waals surface area contributed by atoms with Crippen LogP contribution in [0.4, 0.5) is 5.82 Å². The van der Waals surface area contributed by atoms with Gasteiger partial charge in [0.2, 0.25) is 0 Å². The van der Waals surface area contributed by atoms with Gasteiger partial charge >= 0.3 is 0 Å². The number of benzene rings is 2. The van der Waals surface area contributed by atoms with Gasteiger partial charge in [0.1, 0.15) is 5.82 Å². The van der Waals surface area contributed by atoms with E-state index in [0.29, 0.717) is 11.6 Å². The van der Waals surface area contributed by atoms with Crippen LogP contribution in [-0.4, -0.2) is 33.7 Å². The molecule has 156 valence electrons. The van der Waals surface area contributed by atoms with Gasteiger partial charge in [0.05, 0.1) is 12.2 Å². The zero-order chi connectivity index (χ0) is 20.9. The van der Waals surface area contributed by atoms with E-state index in [-0.39, 0.29) is 5.91 Å². The van der Waals surface area contributed by atoms with Crippen molar-refractivity contribution in [3.63, 3.8) is 0 Å². The van der Waals surface area contributed by atoms with Crippen molar-refractivity contribution in [2.24, 2.45) is 0 Å². The van der Waals surface area contributed by atoms with Gasteiger partial charge in [0.25, 0.3) is 5.91 Å². The molecule has 30 heavy (non-hydrogen) atoms. The van der Waals surface area contributed by atoms with Gasteiger partial charge in [-0.3, -0.25) is 9.69 Å². The molecule has 3 aromatic rings. The largest absolute Gasteiger partial charge is 0.307 e. The predicted molar refractivity (Wildman–Crippen MR) is 121 cm³/mol. The molecule has 1 aromatic heterocycles. The van der Waals surface area contributed by atoms with E-state index in [4.69, 9.17) is 0 Å². The third kappa shape index (κ3) is 4.62. The molecule has 1 aliphatic rings. The fourth-order valence-corrected chi connectivity index (χ4v) is 4.18. The molecule has 0 atom stereocenters. The maximum absolute atomic E-state index is 12.7. The van der Waals surface area contributed by atoms with Crippen molar-refractivity contribution in [2.45, 2.75) is 45.7 Å². The number of likely N-dealkylation sites (tertiary alicyclic amines) is 1. The fraction of sp³-hybridized carbons (Fsp3) is 0.360. The zero-order valence-corrected chi connectivity index (χ0v) is 17.8. The molecule has 4 rings (SSSR count). The second kappa shape index (κ2) is 9.26. The first-order chi connectivity index (χ1) is 14.6. The monoisotopic (exact) mass is 402 g/mol. The van der Waals surface area contributed by atoms with Crippen LogP contribution in [0.5, 0.6) is 0 Å². The molecule has 1 N–H and O–H groups in total. The van der Waals surface area contributed by atoms with Crippen LogP contribution < -0.4 is 5.32 Å². The standard InChI is InChI=1S/C25H30N4O/c1-3-20-8-10-21(11-9-20)18-28-16-13-22(14-17-28)29-24(12-15-26-29)27-25(30)23-7-5-4-6-19(23)2/h4-12,15,22H,3,13-14,16-18H2,1-2H3,(H,27,30). The molecule has 2 aromatic carbocycles. The number of anilines is 1. The van der Waals surface area contributed by atoms with E-state index in [9.17, 15) is 4.79 Å². The highest BCUT2D eigenvalue weighted by Crippen LogP contribution is 2.26. The predicted octanol–water partition coefficient (Wildman–Crippen LogP) is 4.84. The molecular weight excluding hydrogens is 372 g/mol. The number of piperidine rings is 1. The summed E-state index contributed by atoms with van der Waals surface area (Å²) in [4.78, 5) is 15.2. The van der Waals surface area contributed by atoms with Crippen LogP contribution in [0.25, 0.3) is 0 Å². The number of aryl methyl sites for hydroxylation is 2. The Hall–Kier alpha value is -2.92. The minimum atomic E-state index is -0.0807. The lowest BCUT2D eigenvalue weighted by atomic mass is 10.0. The molecule has 0 saturated carbocycles. The second-order valence-corrected chi connectivity index (χ2v) is 8.11. The Balaban J connectivity index is 1.36. The lowest BCUT2D eigenvalue weighted by molar-refractivity contribution is 0.102. The summed E-state index contributed by atoms with van der Waals surface area (Å²) in [5, 5.41) is 7.58. The van der Waals surface area contributed by atoms with E-state index in [1.165, 1.54) is 11.1 Å². The van der Waals surface area contributed by atoms with Crippen molar-refractivity contribution in [3.05, 3.63) is 83.0 Å². The smallest absolute Gasteiger partial charge is 0.257 e. The summed E-state index contributed by atoms with van der Waals surface area (Å²) in [6.45, 7) is 7.20. The minimum Gasteiger partial charge on any atom is -0.307 e. The Bertz CT molecular complexity index is 984. The maximum Gasteiger partial charge on any atom is 0.257 e. The minimum absolute atomic E-state index is 0.0807. The summed E-state index contributed by atoms with van der Waals surface area (Å²) in [6.07, 6.45) is 4.91. The third-order valence-electron chi connectivity index (χ3n) is 6.04. The lowest BCUT2D eigenvalue weighted by Crippen LogP contribution is -2.35. The summed E-state index contributed by atoms with van der Waals surface area (Å²) < 4.78 is 1.99. The topological polar surface area (TPSA) is 50.2 Å². The van der Waals surface area contributed by atoms with Crippen molar-refractivity contribution in [2.75, 3.05) is 18.4 Å². The van der Waals surface area contributed by atoms with Gasteiger partial charge < -0.3 is 5.32 Å². The molecule has 5 nitrogen and oxygen atoms in total. The number of hydrogen-bond donors (Lipinski definition) is 1. The fourth-order valence-electron chi connectivity index (χ4n) is 4.18. The Morgan fingerprint density at radius 1 is 1.03 bits per heavy atom. The average Bonchev–Trinajstić information content (AvgIpc) is 3.23. The van der Waals surface area contributed by atoms with E-state index < -0.39 is 0 Å². The van der Waals surface area contributed by atoms with E-state index in [0.717, 1.165) is 50.3 Å². The van der Waals surface area contributed by atoms with Gasteiger partial charge in [-0.2, -0.15) is 5.10 Å². The summed E-state index contributed by atoms with van der Waals surface area (Å²) in [5.41, 5.74) is 4.43. The van der Waals surface area contributed by atoms with Gasteiger partial charge in [-0.05, 0) is 48.9 Å². The first-order valence-corrected chi connectivity index (χ1v) is 10.8. The molecule has 0 spiro atoms. The third-order valence-corrected chi connectivity index (χ3v) is 6.04. The van der Waals surface area contributed by atoms with Crippen LogP contribution in [0.3, 0.4) is 0 Å². The number of hydrogen-bond acceptors (Lipinski definition) is 3. The SMILES string of the molecule is CCc1ccc(CN2CCC(n3nccc3NC(=O)c3ccccc3C)CC2)cc1. The van der Waals surface area contributed by atoms with Crippen LogP contribution in [0.15, 0.2) is 60.8 Å². The lowest BCUT2D eigenvalue weighted by Gasteiger charge is -2.32. The van der Waals surface area contributed by atoms with Crippen LogP contribution in [-0.2, 0) is 13.0 Å². The molecule has 0 radical (unpaired) electrons. The number of nitrogens with zero attached hydrogens (tertiary/aromatic N) is 3. The quantitative estimate of drug-likeness (QED) is 0.642. The highest BCUT2D eigenvalue weighted by molar-refractivity contribution is 6.04. The molecule has 0 aliphatic carbocycles. The molecule has 5 heteroatoms. The van der Waals surface area contributed by atoms with Crippen molar-refractivity contribution in [1.29, 1.82) is 0 Å². The molecule has 1 aliphatic heterocycles. The van der Waals surface area contributed by atoms with Crippen LogP contribution in [0.2, 0.25) is 0 Å². The average molecular weight is 403 g/mol. The van der Waals surface area contributed by atoms with E-state index >= 15 is 0 Å². The van der Waals surface area contributed by atoms with Crippen molar-refractivity contribution in [1.82, 2.24) is 14.7 Å². The van der Waals surface area contributed by atoms with Crippen LogP contribution in [0.1, 0.15) is 52.9 Å². The molecule has 1 fully saturated rings. The normalized spacial score (nSPS) is 15.3. The number of carbonyl (C=O) groups is 1. The van der Waals surface area contributed by atoms with Gasteiger partial charge in [0.15, 0.2) is 0 Å². The molecule has 1 saturated heterocycles. The molecule has 0 bridgehead atoms. The number of carbonyl (C=O) groups excluding carboxylic acids is 1. The number of aromatic nitrogens is 2. The van der Waals surface area contributed by atoms with Gasteiger partial charge in [-0.1, -0.05) is 49.4 Å². The van der Waals surface area contributed by atoms with Gasteiger partial charge in [-0.25, -0.2) is 4.68 Å². The Labute approximate surface area is 178 Å². The molecule has 1 amide bonds. The highest BCUT2D eigenvalue weighted by atomic mass is 16.1. The van der Waals surface area contributed by atoms with Gasteiger partial charge in [-0.15, -0.1) is 0 Å². The first-order valence-electron chi connectivity index (χ1n) is 10.8. The number of nitrogens with one attached hydrogen (secondary N) is 1. The molecular formula is C25H30N4O. The number of rotatable bonds is 6. The zero-order valence-electron chi connectivity index (χ0n) is 17.8. The highest BCUT2D eigenvalue weighted by Gasteiger charge is 2.23.